The Morgan fingerprint density at radius 3 is 2.52 bits per heavy atom. The van der Waals surface area contributed by atoms with Gasteiger partial charge in [0.2, 0.25) is 5.88 Å². The summed E-state index contributed by atoms with van der Waals surface area (Å²) in [5.41, 5.74) is 1.07. The summed E-state index contributed by atoms with van der Waals surface area (Å²) in [5.74, 6) is 1.05. The van der Waals surface area contributed by atoms with Crippen LogP contribution in [0.2, 0.25) is 0 Å². The third-order valence-corrected chi connectivity index (χ3v) is 2.85. The quantitative estimate of drug-likeness (QED) is 0.885. The van der Waals surface area contributed by atoms with Crippen molar-refractivity contribution in [3.63, 3.8) is 0 Å². The average Bonchev–Trinajstić information content (AvgIpc) is 2.41. The molecule has 4 nitrogen and oxygen atoms in total. The third kappa shape index (κ3) is 5.02. The van der Waals surface area contributed by atoms with Crippen LogP contribution in [0.5, 0.6) is 5.88 Å². The minimum absolute atomic E-state index is 0.0735. The molecule has 1 aromatic heterocycles. The number of nitrogens with zero attached hydrogens (tertiary/aromatic N) is 2. The molecule has 21 heavy (non-hydrogen) atoms. The summed E-state index contributed by atoms with van der Waals surface area (Å²) in [7, 11) is 0. The molecule has 2 rings (SSSR count). The Labute approximate surface area is 124 Å². The standard InChI is InChI=1S/C16H20FN3O/c1-11(2)21-16-9-15(18-10-19-16)20-12(3)8-13-4-6-14(17)7-5-13/h4-7,9-12H,8H2,1-3H3,(H,18,19,20). The maximum absolute atomic E-state index is 12.9. The Morgan fingerprint density at radius 1 is 1.14 bits per heavy atom. The van der Waals surface area contributed by atoms with Crippen LogP contribution in [0.15, 0.2) is 36.7 Å². The van der Waals surface area contributed by atoms with Crippen LogP contribution in [0.3, 0.4) is 0 Å². The lowest BCUT2D eigenvalue weighted by Crippen LogP contribution is -2.19. The van der Waals surface area contributed by atoms with Gasteiger partial charge in [-0.05, 0) is 44.9 Å². The van der Waals surface area contributed by atoms with E-state index in [1.807, 2.05) is 13.8 Å². The zero-order valence-electron chi connectivity index (χ0n) is 12.5. The Balaban J connectivity index is 1.95. The van der Waals surface area contributed by atoms with Gasteiger partial charge in [0, 0.05) is 12.1 Å². The lowest BCUT2D eigenvalue weighted by Gasteiger charge is -2.15. The lowest BCUT2D eigenvalue weighted by atomic mass is 10.1. The Hall–Kier alpha value is -2.17. The number of halogens is 1. The number of ether oxygens (including phenoxy) is 1. The van der Waals surface area contributed by atoms with Gasteiger partial charge in [-0.1, -0.05) is 12.1 Å². The largest absolute Gasteiger partial charge is 0.475 e. The highest BCUT2D eigenvalue weighted by atomic mass is 19.1. The van der Waals surface area contributed by atoms with E-state index >= 15 is 0 Å². The summed E-state index contributed by atoms with van der Waals surface area (Å²) in [4.78, 5) is 8.25. The van der Waals surface area contributed by atoms with E-state index < -0.39 is 0 Å². The molecule has 1 heterocycles. The Bertz CT molecular complexity index is 572. The highest BCUT2D eigenvalue weighted by Crippen LogP contribution is 2.15. The second kappa shape index (κ2) is 7.02. The van der Waals surface area contributed by atoms with Crippen LogP contribution in [-0.2, 0) is 6.42 Å². The van der Waals surface area contributed by atoms with Crippen molar-refractivity contribution in [1.29, 1.82) is 0 Å². The van der Waals surface area contributed by atoms with Crippen molar-refractivity contribution in [3.05, 3.63) is 48.0 Å². The predicted molar refractivity (Wildman–Crippen MR) is 81.0 cm³/mol. The first-order valence-electron chi connectivity index (χ1n) is 7.02. The van der Waals surface area contributed by atoms with Crippen LogP contribution in [0, 0.1) is 5.82 Å². The van der Waals surface area contributed by atoms with Gasteiger partial charge < -0.3 is 10.1 Å². The van der Waals surface area contributed by atoms with E-state index in [0.717, 1.165) is 17.8 Å². The Kier molecular flexibility index (Phi) is 5.09. The lowest BCUT2D eigenvalue weighted by molar-refractivity contribution is 0.232. The molecule has 1 atom stereocenters. The van der Waals surface area contributed by atoms with E-state index in [-0.39, 0.29) is 18.0 Å². The van der Waals surface area contributed by atoms with Crippen molar-refractivity contribution < 1.29 is 9.13 Å². The molecule has 2 aromatic rings. The van der Waals surface area contributed by atoms with E-state index in [1.165, 1.54) is 18.5 Å². The summed E-state index contributed by atoms with van der Waals surface area (Å²) in [6.45, 7) is 5.95. The van der Waals surface area contributed by atoms with Crippen molar-refractivity contribution in [1.82, 2.24) is 9.97 Å². The molecule has 0 fully saturated rings. The van der Waals surface area contributed by atoms with E-state index in [2.05, 4.69) is 22.2 Å². The minimum atomic E-state index is -0.217. The number of aromatic nitrogens is 2. The highest BCUT2D eigenvalue weighted by molar-refractivity contribution is 5.38. The van der Waals surface area contributed by atoms with Crippen molar-refractivity contribution in [2.75, 3.05) is 5.32 Å². The molecular weight excluding hydrogens is 269 g/mol. The molecule has 1 aromatic carbocycles. The smallest absolute Gasteiger partial charge is 0.218 e. The third-order valence-electron chi connectivity index (χ3n) is 2.85. The molecular formula is C16H20FN3O. The highest BCUT2D eigenvalue weighted by Gasteiger charge is 2.07. The van der Waals surface area contributed by atoms with Crippen LogP contribution in [0.4, 0.5) is 10.2 Å². The minimum Gasteiger partial charge on any atom is -0.475 e. The van der Waals surface area contributed by atoms with Gasteiger partial charge in [0.05, 0.1) is 6.10 Å². The number of benzene rings is 1. The Morgan fingerprint density at radius 2 is 1.86 bits per heavy atom. The van der Waals surface area contributed by atoms with Gasteiger partial charge in [0.25, 0.3) is 0 Å². The van der Waals surface area contributed by atoms with Crippen LogP contribution in [0.1, 0.15) is 26.3 Å². The first-order chi connectivity index (χ1) is 10.0. The predicted octanol–water partition coefficient (Wildman–Crippen LogP) is 3.45. The molecule has 1 unspecified atom stereocenters. The van der Waals surface area contributed by atoms with Crippen LogP contribution in [-0.4, -0.2) is 22.1 Å². The van der Waals surface area contributed by atoms with Gasteiger partial charge in [-0.25, -0.2) is 14.4 Å². The fourth-order valence-corrected chi connectivity index (χ4v) is 2.00. The van der Waals surface area contributed by atoms with Gasteiger partial charge in [-0.15, -0.1) is 0 Å². The number of anilines is 1. The molecule has 112 valence electrons. The van der Waals surface area contributed by atoms with Crippen LogP contribution in [0.25, 0.3) is 0 Å². The average molecular weight is 289 g/mol. The topological polar surface area (TPSA) is 47.0 Å². The number of hydrogen-bond donors (Lipinski definition) is 1. The van der Waals surface area contributed by atoms with E-state index in [9.17, 15) is 4.39 Å². The van der Waals surface area contributed by atoms with Crippen molar-refractivity contribution >= 4 is 5.82 Å². The molecule has 0 amide bonds. The fraction of sp³-hybridized carbons (Fsp3) is 0.375. The van der Waals surface area contributed by atoms with Crippen molar-refractivity contribution in [2.24, 2.45) is 0 Å². The second-order valence-electron chi connectivity index (χ2n) is 5.28. The van der Waals surface area contributed by atoms with Gasteiger partial charge in [-0.3, -0.25) is 0 Å². The van der Waals surface area contributed by atoms with Crippen LogP contribution >= 0.6 is 0 Å². The molecule has 0 aliphatic heterocycles. The molecule has 1 N–H and O–H groups in total. The summed E-state index contributed by atoms with van der Waals surface area (Å²) in [6.07, 6.45) is 2.33. The van der Waals surface area contributed by atoms with Crippen LogP contribution < -0.4 is 10.1 Å². The first-order valence-corrected chi connectivity index (χ1v) is 7.02. The molecule has 0 spiro atoms. The zero-order chi connectivity index (χ0) is 15.2. The summed E-state index contributed by atoms with van der Waals surface area (Å²) >= 11 is 0. The molecule has 5 heteroatoms. The SMILES string of the molecule is CC(Cc1ccc(F)cc1)Nc1cc(OC(C)C)ncn1. The molecule has 0 radical (unpaired) electrons. The number of rotatable bonds is 6. The molecule has 0 bridgehead atoms. The van der Waals surface area contributed by atoms with Gasteiger partial charge in [0.1, 0.15) is 18.0 Å². The van der Waals surface area contributed by atoms with Gasteiger partial charge in [0.15, 0.2) is 0 Å². The summed E-state index contributed by atoms with van der Waals surface area (Å²) in [6, 6.07) is 8.48. The summed E-state index contributed by atoms with van der Waals surface area (Å²) in [5, 5.41) is 3.29. The van der Waals surface area contributed by atoms with E-state index in [1.54, 1.807) is 18.2 Å². The number of nitrogens with one attached hydrogen (secondary N) is 1. The number of hydrogen-bond acceptors (Lipinski definition) is 4. The van der Waals surface area contributed by atoms with E-state index in [0.29, 0.717) is 5.88 Å². The first kappa shape index (κ1) is 15.2. The molecule has 0 saturated heterocycles. The summed E-state index contributed by atoms with van der Waals surface area (Å²) < 4.78 is 18.4. The molecule has 0 saturated carbocycles. The second-order valence-corrected chi connectivity index (χ2v) is 5.28. The molecule has 0 aliphatic carbocycles. The van der Waals surface area contributed by atoms with Crippen molar-refractivity contribution in [3.8, 4) is 5.88 Å². The van der Waals surface area contributed by atoms with E-state index in [4.69, 9.17) is 4.74 Å². The zero-order valence-corrected chi connectivity index (χ0v) is 12.5. The van der Waals surface area contributed by atoms with Gasteiger partial charge in [-0.2, -0.15) is 0 Å². The monoisotopic (exact) mass is 289 g/mol. The normalized spacial score (nSPS) is 12.2. The fourth-order valence-electron chi connectivity index (χ4n) is 2.00. The van der Waals surface area contributed by atoms with Crippen molar-refractivity contribution in [2.45, 2.75) is 39.3 Å². The molecule has 0 aliphatic rings. The maximum Gasteiger partial charge on any atom is 0.218 e. The van der Waals surface area contributed by atoms with Gasteiger partial charge >= 0.3 is 0 Å². The maximum atomic E-state index is 12.9.